The molecule has 0 aromatic heterocycles. The monoisotopic (exact) mass is 219 g/mol. The van der Waals surface area contributed by atoms with E-state index in [-0.39, 0.29) is 11.5 Å². The first-order chi connectivity index (χ1) is 7.39. The number of benzene rings is 1. The lowest BCUT2D eigenvalue weighted by Gasteiger charge is -2.35. The van der Waals surface area contributed by atoms with Crippen molar-refractivity contribution >= 4 is 5.69 Å². The Bertz CT molecular complexity index is 392. The van der Waals surface area contributed by atoms with Crippen LogP contribution in [0.5, 0.6) is 5.75 Å². The lowest BCUT2D eigenvalue weighted by atomic mass is 9.85. The van der Waals surface area contributed by atoms with Gasteiger partial charge in [-0.2, -0.15) is 0 Å². The van der Waals surface area contributed by atoms with E-state index in [9.17, 15) is 0 Å². The highest BCUT2D eigenvalue weighted by molar-refractivity contribution is 5.64. The summed E-state index contributed by atoms with van der Waals surface area (Å²) in [6, 6.07) is 6.43. The van der Waals surface area contributed by atoms with Crippen LogP contribution >= 0.6 is 0 Å². The molecule has 0 saturated heterocycles. The second kappa shape index (κ2) is 3.69. The number of ether oxygens (including phenoxy) is 1. The predicted molar refractivity (Wildman–Crippen MR) is 68.5 cm³/mol. The molecule has 0 N–H and O–H groups in total. The molecule has 2 rings (SSSR count). The van der Waals surface area contributed by atoms with Gasteiger partial charge in [0, 0.05) is 12.6 Å². The molecule has 1 atom stereocenters. The summed E-state index contributed by atoms with van der Waals surface area (Å²) in [7, 11) is 2.13. The Morgan fingerprint density at radius 2 is 2.00 bits per heavy atom. The van der Waals surface area contributed by atoms with Crippen molar-refractivity contribution in [3.05, 3.63) is 23.8 Å². The van der Waals surface area contributed by atoms with Crippen LogP contribution in [0.4, 0.5) is 5.69 Å². The molecule has 0 spiro atoms. The van der Waals surface area contributed by atoms with Gasteiger partial charge in [-0.3, -0.25) is 0 Å². The van der Waals surface area contributed by atoms with Gasteiger partial charge in [-0.1, -0.05) is 32.9 Å². The fraction of sp³-hybridized carbons (Fsp3) is 0.571. The first-order valence-electron chi connectivity index (χ1n) is 5.91. The Labute approximate surface area is 98.2 Å². The highest BCUT2D eigenvalue weighted by atomic mass is 16.5. The number of rotatable bonds is 0. The van der Waals surface area contributed by atoms with E-state index in [2.05, 4.69) is 57.8 Å². The number of hydrogen-bond acceptors (Lipinski definition) is 2. The molecule has 0 radical (unpaired) electrons. The van der Waals surface area contributed by atoms with E-state index in [0.717, 1.165) is 12.3 Å². The Balaban J connectivity index is 2.54. The molecule has 1 aliphatic rings. The molecule has 1 aromatic carbocycles. The van der Waals surface area contributed by atoms with Crippen LogP contribution in [0.15, 0.2) is 18.2 Å². The molecule has 88 valence electrons. The van der Waals surface area contributed by atoms with Gasteiger partial charge in [-0.05, 0) is 18.4 Å². The summed E-state index contributed by atoms with van der Waals surface area (Å²) < 4.78 is 6.02. The topological polar surface area (TPSA) is 12.5 Å². The third kappa shape index (κ3) is 1.89. The van der Waals surface area contributed by atoms with Gasteiger partial charge < -0.3 is 9.64 Å². The number of likely N-dealkylation sites (N-methyl/N-ethyl adjacent to an activating group) is 1. The Kier molecular flexibility index (Phi) is 2.61. The summed E-state index contributed by atoms with van der Waals surface area (Å²) in [5.74, 6) is 1.07. The van der Waals surface area contributed by atoms with Crippen molar-refractivity contribution in [1.29, 1.82) is 0 Å². The third-order valence-corrected chi connectivity index (χ3v) is 3.06. The largest absolute Gasteiger partial charge is 0.486 e. The zero-order chi connectivity index (χ0) is 11.9. The van der Waals surface area contributed by atoms with Crippen LogP contribution in [0, 0.1) is 0 Å². The highest BCUT2D eigenvalue weighted by Gasteiger charge is 2.27. The summed E-state index contributed by atoms with van der Waals surface area (Å²) in [5, 5.41) is 0. The van der Waals surface area contributed by atoms with Crippen LogP contribution in [0.25, 0.3) is 0 Å². The number of anilines is 1. The van der Waals surface area contributed by atoms with Crippen LogP contribution in [0.2, 0.25) is 0 Å². The van der Waals surface area contributed by atoms with Crippen LogP contribution in [-0.4, -0.2) is 19.7 Å². The smallest absolute Gasteiger partial charge is 0.146 e. The summed E-state index contributed by atoms with van der Waals surface area (Å²) in [6.45, 7) is 9.77. The van der Waals surface area contributed by atoms with E-state index in [0.29, 0.717) is 0 Å². The van der Waals surface area contributed by atoms with Crippen LogP contribution in [0.3, 0.4) is 0 Å². The molecular weight excluding hydrogens is 198 g/mol. The molecule has 2 nitrogen and oxygen atoms in total. The molecule has 0 saturated carbocycles. The fourth-order valence-electron chi connectivity index (χ4n) is 2.26. The van der Waals surface area contributed by atoms with Gasteiger partial charge in [0.05, 0.1) is 12.2 Å². The lowest BCUT2D eigenvalue weighted by molar-refractivity contribution is 0.210. The maximum atomic E-state index is 6.02. The minimum atomic E-state index is 0.128. The second-order valence-electron chi connectivity index (χ2n) is 5.71. The van der Waals surface area contributed by atoms with Crippen molar-refractivity contribution < 1.29 is 4.74 Å². The Hall–Kier alpha value is -1.18. The summed E-state index contributed by atoms with van der Waals surface area (Å²) in [6.07, 6.45) is 0.265. The van der Waals surface area contributed by atoms with Crippen LogP contribution in [0.1, 0.15) is 33.3 Å². The Morgan fingerprint density at radius 3 is 2.62 bits per heavy atom. The van der Waals surface area contributed by atoms with E-state index in [1.54, 1.807) is 0 Å². The Morgan fingerprint density at radius 1 is 1.31 bits per heavy atom. The van der Waals surface area contributed by atoms with E-state index < -0.39 is 0 Å². The van der Waals surface area contributed by atoms with Gasteiger partial charge in [-0.25, -0.2) is 0 Å². The van der Waals surface area contributed by atoms with Gasteiger partial charge in [-0.15, -0.1) is 0 Å². The first kappa shape index (κ1) is 11.3. The molecule has 0 amide bonds. The van der Waals surface area contributed by atoms with Crippen LogP contribution < -0.4 is 9.64 Å². The molecule has 2 heteroatoms. The maximum absolute atomic E-state index is 6.02. The number of fused-ring (bicyclic) bond motifs is 1. The number of para-hydroxylation sites is 1. The minimum Gasteiger partial charge on any atom is -0.486 e. The van der Waals surface area contributed by atoms with Gasteiger partial charge in [0.2, 0.25) is 0 Å². The SMILES string of the molecule is CC1CN(C)c2cccc(C(C)(C)C)c2O1. The molecule has 16 heavy (non-hydrogen) atoms. The number of hydrogen-bond donors (Lipinski definition) is 0. The fourth-order valence-corrected chi connectivity index (χ4v) is 2.26. The van der Waals surface area contributed by atoms with E-state index in [1.165, 1.54) is 11.3 Å². The van der Waals surface area contributed by atoms with E-state index in [4.69, 9.17) is 4.74 Å². The van der Waals surface area contributed by atoms with Crippen molar-refractivity contribution in [3.63, 3.8) is 0 Å². The average Bonchev–Trinajstić information content (AvgIpc) is 2.15. The molecule has 1 aromatic rings. The second-order valence-corrected chi connectivity index (χ2v) is 5.71. The lowest BCUT2D eigenvalue weighted by Crippen LogP contribution is -2.36. The minimum absolute atomic E-state index is 0.128. The standard InChI is InChI=1S/C14H21NO/c1-10-9-15(5)12-8-6-7-11(13(12)16-10)14(2,3)4/h6-8,10H,9H2,1-5H3. The zero-order valence-electron chi connectivity index (χ0n) is 10.9. The molecule has 0 bridgehead atoms. The molecule has 0 fully saturated rings. The predicted octanol–water partition coefficient (Wildman–Crippen LogP) is 3.20. The maximum Gasteiger partial charge on any atom is 0.146 e. The average molecular weight is 219 g/mol. The number of nitrogens with zero attached hydrogens (tertiary/aromatic N) is 1. The molecular formula is C14H21NO. The summed E-state index contributed by atoms with van der Waals surface area (Å²) >= 11 is 0. The van der Waals surface area contributed by atoms with E-state index in [1.807, 2.05) is 0 Å². The zero-order valence-corrected chi connectivity index (χ0v) is 10.9. The molecule has 1 heterocycles. The third-order valence-electron chi connectivity index (χ3n) is 3.06. The molecule has 0 aliphatic carbocycles. The normalized spacial score (nSPS) is 20.3. The highest BCUT2D eigenvalue weighted by Crippen LogP contribution is 2.41. The van der Waals surface area contributed by atoms with Crippen molar-refractivity contribution in [2.45, 2.75) is 39.2 Å². The van der Waals surface area contributed by atoms with Crippen molar-refractivity contribution in [2.24, 2.45) is 0 Å². The van der Waals surface area contributed by atoms with E-state index >= 15 is 0 Å². The van der Waals surface area contributed by atoms with Crippen molar-refractivity contribution in [1.82, 2.24) is 0 Å². The summed E-state index contributed by atoms with van der Waals surface area (Å²) in [4.78, 5) is 2.28. The first-order valence-corrected chi connectivity index (χ1v) is 5.91. The quantitative estimate of drug-likeness (QED) is 0.664. The molecule has 1 unspecified atom stereocenters. The molecule has 1 aliphatic heterocycles. The van der Waals surface area contributed by atoms with Crippen LogP contribution in [-0.2, 0) is 5.41 Å². The van der Waals surface area contributed by atoms with Gasteiger partial charge in [0.15, 0.2) is 0 Å². The summed E-state index contributed by atoms with van der Waals surface area (Å²) in [5.41, 5.74) is 2.64. The van der Waals surface area contributed by atoms with Gasteiger partial charge in [0.25, 0.3) is 0 Å². The van der Waals surface area contributed by atoms with Gasteiger partial charge >= 0.3 is 0 Å². The van der Waals surface area contributed by atoms with Gasteiger partial charge in [0.1, 0.15) is 11.9 Å². The van der Waals surface area contributed by atoms with Crippen molar-refractivity contribution in [2.75, 3.05) is 18.5 Å². The van der Waals surface area contributed by atoms with Crippen molar-refractivity contribution in [3.8, 4) is 5.75 Å².